The number of esters is 1. The van der Waals surface area contributed by atoms with Crippen molar-refractivity contribution in [1.29, 1.82) is 0 Å². The van der Waals surface area contributed by atoms with Gasteiger partial charge in [0.1, 0.15) is 6.04 Å². The van der Waals surface area contributed by atoms with Crippen LogP contribution < -0.4 is 10.9 Å². The van der Waals surface area contributed by atoms with Crippen LogP contribution in [-0.4, -0.2) is 23.5 Å². The van der Waals surface area contributed by atoms with Crippen molar-refractivity contribution in [2.24, 2.45) is 0 Å². The van der Waals surface area contributed by atoms with E-state index in [2.05, 4.69) is 10.9 Å². The molecule has 1 aromatic carbocycles. The second-order valence-corrected chi connectivity index (χ2v) is 4.23. The number of ether oxygens (including phenoxy) is 1. The molecule has 2 unspecified atom stereocenters. The van der Waals surface area contributed by atoms with Crippen LogP contribution in [0.3, 0.4) is 0 Å². The van der Waals surface area contributed by atoms with Crippen LogP contribution in [0.5, 0.6) is 0 Å². The van der Waals surface area contributed by atoms with Gasteiger partial charge in [-0.3, -0.25) is 14.9 Å². The Morgan fingerprint density at radius 2 is 2.11 bits per heavy atom. The summed E-state index contributed by atoms with van der Waals surface area (Å²) in [5, 5.41) is 10.6. The minimum atomic E-state index is -0.439. The zero-order valence-electron chi connectivity index (χ0n) is 10.5. The van der Waals surface area contributed by atoms with E-state index in [1.807, 2.05) is 0 Å². The molecular formula is C12H15N3O4. The Morgan fingerprint density at radius 1 is 1.42 bits per heavy atom. The third-order valence-electron chi connectivity index (χ3n) is 2.98. The van der Waals surface area contributed by atoms with Gasteiger partial charge < -0.3 is 4.74 Å². The lowest BCUT2D eigenvalue weighted by molar-refractivity contribution is -0.384. The molecule has 2 rings (SSSR count). The zero-order valence-corrected chi connectivity index (χ0v) is 10.5. The van der Waals surface area contributed by atoms with Crippen LogP contribution in [0.25, 0.3) is 0 Å². The first kappa shape index (κ1) is 13.4. The molecule has 0 bridgehead atoms. The number of hydrazine groups is 1. The average Bonchev–Trinajstić information content (AvgIpc) is 2.89. The zero-order chi connectivity index (χ0) is 13.8. The van der Waals surface area contributed by atoms with Gasteiger partial charge in [0.05, 0.1) is 11.5 Å². The predicted octanol–water partition coefficient (Wildman–Crippen LogP) is 1.07. The number of carbonyl (C=O) groups excluding carboxylic acids is 1. The molecule has 19 heavy (non-hydrogen) atoms. The minimum absolute atomic E-state index is 0.0525. The van der Waals surface area contributed by atoms with Gasteiger partial charge in [0.25, 0.3) is 5.69 Å². The van der Waals surface area contributed by atoms with Gasteiger partial charge in [-0.05, 0) is 18.9 Å². The molecular weight excluding hydrogens is 250 g/mol. The van der Waals surface area contributed by atoms with Gasteiger partial charge in [-0.1, -0.05) is 12.1 Å². The third-order valence-corrected chi connectivity index (χ3v) is 2.98. The van der Waals surface area contributed by atoms with Gasteiger partial charge >= 0.3 is 5.97 Å². The summed E-state index contributed by atoms with van der Waals surface area (Å²) < 4.78 is 4.93. The summed E-state index contributed by atoms with van der Waals surface area (Å²) in [7, 11) is 0. The fourth-order valence-electron chi connectivity index (χ4n) is 2.00. The van der Waals surface area contributed by atoms with E-state index in [0.29, 0.717) is 13.0 Å². The molecule has 7 nitrogen and oxygen atoms in total. The number of hydrogen-bond acceptors (Lipinski definition) is 6. The van der Waals surface area contributed by atoms with Crippen molar-refractivity contribution < 1.29 is 14.5 Å². The van der Waals surface area contributed by atoms with E-state index >= 15 is 0 Å². The monoisotopic (exact) mass is 265 g/mol. The van der Waals surface area contributed by atoms with E-state index < -0.39 is 4.92 Å². The maximum atomic E-state index is 11.6. The first-order valence-electron chi connectivity index (χ1n) is 6.04. The van der Waals surface area contributed by atoms with E-state index in [-0.39, 0.29) is 23.7 Å². The normalized spacial score (nSPS) is 22.2. The number of benzene rings is 1. The van der Waals surface area contributed by atoms with E-state index in [9.17, 15) is 14.9 Å². The van der Waals surface area contributed by atoms with Gasteiger partial charge in [-0.15, -0.1) is 0 Å². The molecule has 102 valence electrons. The fraction of sp³-hybridized carbons (Fsp3) is 0.417. The number of nitro groups is 1. The van der Waals surface area contributed by atoms with Crippen molar-refractivity contribution >= 4 is 11.7 Å². The van der Waals surface area contributed by atoms with Crippen molar-refractivity contribution in [1.82, 2.24) is 10.9 Å². The molecule has 1 aliphatic rings. The second kappa shape index (κ2) is 5.77. The van der Waals surface area contributed by atoms with Crippen LogP contribution in [0.2, 0.25) is 0 Å². The Kier molecular flexibility index (Phi) is 4.08. The Morgan fingerprint density at radius 3 is 2.68 bits per heavy atom. The number of rotatable bonds is 4. The van der Waals surface area contributed by atoms with Gasteiger partial charge in [0.2, 0.25) is 0 Å². The largest absolute Gasteiger partial charge is 0.465 e. The molecule has 1 aromatic rings. The van der Waals surface area contributed by atoms with Crippen molar-refractivity contribution in [3.05, 3.63) is 39.9 Å². The van der Waals surface area contributed by atoms with Crippen LogP contribution in [0.15, 0.2) is 24.3 Å². The van der Waals surface area contributed by atoms with Crippen LogP contribution >= 0.6 is 0 Å². The summed E-state index contributed by atoms with van der Waals surface area (Å²) in [6.45, 7) is 2.10. The van der Waals surface area contributed by atoms with E-state index in [1.54, 1.807) is 19.1 Å². The summed E-state index contributed by atoms with van der Waals surface area (Å²) in [5.74, 6) is -0.292. The van der Waals surface area contributed by atoms with E-state index in [4.69, 9.17) is 4.74 Å². The molecule has 2 N–H and O–H groups in total. The van der Waals surface area contributed by atoms with Crippen molar-refractivity contribution in [3.8, 4) is 0 Å². The lowest BCUT2D eigenvalue weighted by Gasteiger charge is -2.09. The molecule has 7 heteroatoms. The number of nitro benzene ring substituents is 1. The summed E-state index contributed by atoms with van der Waals surface area (Å²) in [4.78, 5) is 21.7. The molecule has 0 amide bonds. The predicted molar refractivity (Wildman–Crippen MR) is 67.1 cm³/mol. The van der Waals surface area contributed by atoms with Crippen LogP contribution in [0.1, 0.15) is 24.9 Å². The van der Waals surface area contributed by atoms with Crippen LogP contribution in [-0.2, 0) is 9.53 Å². The number of nitrogens with one attached hydrogen (secondary N) is 2. The lowest BCUT2D eigenvalue weighted by atomic mass is 10.0. The summed E-state index contributed by atoms with van der Waals surface area (Å²) in [6, 6.07) is 5.83. The highest BCUT2D eigenvalue weighted by molar-refractivity contribution is 5.76. The highest BCUT2D eigenvalue weighted by Gasteiger charge is 2.31. The lowest BCUT2D eigenvalue weighted by Crippen LogP contribution is -2.37. The quantitative estimate of drug-likeness (QED) is 0.480. The number of carbonyl (C=O) groups is 1. The van der Waals surface area contributed by atoms with Gasteiger partial charge in [0, 0.05) is 18.2 Å². The summed E-state index contributed by atoms with van der Waals surface area (Å²) in [6.07, 6.45) is 0.552. The first-order chi connectivity index (χ1) is 9.11. The Labute approximate surface area is 110 Å². The van der Waals surface area contributed by atoms with E-state index in [0.717, 1.165) is 5.56 Å². The fourth-order valence-corrected chi connectivity index (χ4v) is 2.00. The van der Waals surface area contributed by atoms with Crippen LogP contribution in [0.4, 0.5) is 5.69 Å². The Bertz CT molecular complexity index is 474. The molecule has 0 radical (unpaired) electrons. The smallest absolute Gasteiger partial charge is 0.324 e. The summed E-state index contributed by atoms with van der Waals surface area (Å²) >= 11 is 0. The highest BCUT2D eigenvalue weighted by Crippen LogP contribution is 2.24. The molecule has 1 aliphatic heterocycles. The molecule has 0 saturated carbocycles. The third kappa shape index (κ3) is 3.07. The number of hydrogen-bond donors (Lipinski definition) is 2. The number of non-ortho nitro benzene ring substituents is 1. The minimum Gasteiger partial charge on any atom is -0.465 e. The van der Waals surface area contributed by atoms with Crippen molar-refractivity contribution in [3.63, 3.8) is 0 Å². The molecule has 2 atom stereocenters. The molecule has 1 saturated heterocycles. The van der Waals surface area contributed by atoms with Crippen molar-refractivity contribution in [2.75, 3.05) is 6.61 Å². The highest BCUT2D eigenvalue weighted by atomic mass is 16.6. The van der Waals surface area contributed by atoms with Crippen molar-refractivity contribution in [2.45, 2.75) is 25.4 Å². The molecule has 0 spiro atoms. The SMILES string of the molecule is CCOC(=O)C1CC(c2ccc([N+](=O)[O-])cc2)NN1. The topological polar surface area (TPSA) is 93.5 Å². The Hall–Kier alpha value is -1.99. The average molecular weight is 265 g/mol. The maximum absolute atomic E-state index is 11.6. The van der Waals surface area contributed by atoms with Gasteiger partial charge in [-0.25, -0.2) is 10.9 Å². The van der Waals surface area contributed by atoms with Gasteiger partial charge in [-0.2, -0.15) is 0 Å². The molecule has 0 aromatic heterocycles. The molecule has 1 heterocycles. The Balaban J connectivity index is 2.00. The first-order valence-corrected chi connectivity index (χ1v) is 6.04. The van der Waals surface area contributed by atoms with Gasteiger partial charge in [0.15, 0.2) is 0 Å². The molecule has 1 fully saturated rings. The molecule has 0 aliphatic carbocycles. The van der Waals surface area contributed by atoms with E-state index in [1.165, 1.54) is 12.1 Å². The number of nitrogens with zero attached hydrogens (tertiary/aromatic N) is 1. The maximum Gasteiger partial charge on any atom is 0.324 e. The van der Waals surface area contributed by atoms with Crippen LogP contribution in [0, 0.1) is 10.1 Å². The summed E-state index contributed by atoms with van der Waals surface area (Å²) in [5.41, 5.74) is 6.80. The second-order valence-electron chi connectivity index (χ2n) is 4.23. The standard InChI is InChI=1S/C12H15N3O4/c1-2-19-12(16)11-7-10(13-14-11)8-3-5-9(6-4-8)15(17)18/h3-6,10-11,13-14H,2,7H2,1H3.